The number of anilines is 1. The maximum Gasteiger partial charge on any atom is 0.181 e. The molecule has 0 aliphatic carbocycles. The van der Waals surface area contributed by atoms with Gasteiger partial charge in [-0.25, -0.2) is 8.42 Å². The Morgan fingerprint density at radius 1 is 1.07 bits per heavy atom. The van der Waals surface area contributed by atoms with Crippen LogP contribution in [0.5, 0.6) is 0 Å². The molecule has 0 aliphatic rings. The Kier molecular flexibility index (Phi) is 14.5. The van der Waals surface area contributed by atoms with Crippen molar-refractivity contribution in [2.24, 2.45) is 9.98 Å². The first-order chi connectivity index (χ1) is 19.5. The Balaban J connectivity index is 1.90. The summed E-state index contributed by atoms with van der Waals surface area (Å²) in [5.74, 6) is -0.0153. The zero-order valence-electron chi connectivity index (χ0n) is 24.6. The highest BCUT2D eigenvalue weighted by Crippen LogP contribution is 2.18. The summed E-state index contributed by atoms with van der Waals surface area (Å²) in [6.07, 6.45) is 10.2. The van der Waals surface area contributed by atoms with Crippen molar-refractivity contribution in [3.05, 3.63) is 106 Å². The number of benzene rings is 2. The summed E-state index contributed by atoms with van der Waals surface area (Å²) in [6.45, 7) is 8.53. The van der Waals surface area contributed by atoms with Gasteiger partial charge in [0, 0.05) is 43.3 Å². The van der Waals surface area contributed by atoms with Crippen LogP contribution < -0.4 is 11.1 Å². The number of para-hydroxylation sites is 1. The number of nitrogens with one attached hydrogen (secondary N) is 1. The van der Waals surface area contributed by atoms with E-state index in [1.54, 1.807) is 43.6 Å². The van der Waals surface area contributed by atoms with Crippen LogP contribution >= 0.6 is 15.9 Å². The van der Waals surface area contributed by atoms with Crippen molar-refractivity contribution in [2.75, 3.05) is 45.2 Å². The molecule has 0 aromatic heterocycles. The highest BCUT2D eigenvalue weighted by atomic mass is 79.9. The molecule has 0 saturated heterocycles. The van der Waals surface area contributed by atoms with Crippen LogP contribution in [0.2, 0.25) is 0 Å². The van der Waals surface area contributed by atoms with Crippen molar-refractivity contribution >= 4 is 43.4 Å². The highest BCUT2D eigenvalue weighted by molar-refractivity contribution is 9.12. The minimum atomic E-state index is -3.30. The Hall–Kier alpha value is -3.27. The van der Waals surface area contributed by atoms with Crippen molar-refractivity contribution in [3.8, 4) is 0 Å². The zero-order chi connectivity index (χ0) is 30.3. The maximum atomic E-state index is 12.4. The molecule has 2 rings (SSSR count). The molecule has 0 spiro atoms. The molecule has 0 saturated carbocycles. The van der Waals surface area contributed by atoms with Gasteiger partial charge in [0.15, 0.2) is 9.84 Å². The Bertz CT molecular complexity index is 1420. The van der Waals surface area contributed by atoms with Crippen molar-refractivity contribution in [2.45, 2.75) is 32.1 Å². The molecule has 7 nitrogen and oxygen atoms in total. The van der Waals surface area contributed by atoms with Gasteiger partial charge in [-0.15, -0.1) is 0 Å². The van der Waals surface area contributed by atoms with E-state index in [9.17, 15) is 8.42 Å². The molecular formula is C32H42BrN5O2S. The van der Waals surface area contributed by atoms with Gasteiger partial charge in [-0.1, -0.05) is 60.2 Å². The molecule has 0 heterocycles. The third kappa shape index (κ3) is 12.4. The van der Waals surface area contributed by atoms with Gasteiger partial charge in [0.05, 0.1) is 26.5 Å². The van der Waals surface area contributed by atoms with Crippen LogP contribution in [0.3, 0.4) is 0 Å². The summed E-state index contributed by atoms with van der Waals surface area (Å²) in [5.41, 5.74) is 11.5. The Morgan fingerprint density at radius 3 is 2.44 bits per heavy atom. The van der Waals surface area contributed by atoms with Crippen LogP contribution in [0, 0.1) is 0 Å². The lowest BCUT2D eigenvalue weighted by molar-refractivity contribution is 0.355. The number of nitrogens with two attached hydrogens (primary N) is 1. The van der Waals surface area contributed by atoms with Crippen molar-refractivity contribution < 1.29 is 8.42 Å². The third-order valence-electron chi connectivity index (χ3n) is 6.04. The van der Waals surface area contributed by atoms with Gasteiger partial charge < -0.3 is 16.0 Å². The van der Waals surface area contributed by atoms with Gasteiger partial charge in [-0.3, -0.25) is 9.98 Å². The summed E-state index contributed by atoms with van der Waals surface area (Å²) in [6, 6.07) is 16.2. The fraction of sp³-hybridized carbons (Fsp3) is 0.312. The van der Waals surface area contributed by atoms with E-state index in [-0.39, 0.29) is 5.75 Å². The topological polar surface area (TPSA) is 100 Å². The summed E-state index contributed by atoms with van der Waals surface area (Å²) >= 11 is 3.52. The van der Waals surface area contributed by atoms with E-state index in [0.29, 0.717) is 10.6 Å². The summed E-state index contributed by atoms with van der Waals surface area (Å²) in [7, 11) is 0.499. The van der Waals surface area contributed by atoms with Crippen LogP contribution in [0.1, 0.15) is 32.8 Å². The maximum absolute atomic E-state index is 12.4. The van der Waals surface area contributed by atoms with E-state index in [1.807, 2.05) is 62.4 Å². The summed E-state index contributed by atoms with van der Waals surface area (Å²) < 4.78 is 25.6. The highest BCUT2D eigenvalue weighted by Gasteiger charge is 2.11. The molecule has 0 fully saturated rings. The molecule has 0 bridgehead atoms. The number of nitrogens with zero attached hydrogens (tertiary/aromatic N) is 3. The van der Waals surface area contributed by atoms with Crippen molar-refractivity contribution in [3.63, 3.8) is 0 Å². The van der Waals surface area contributed by atoms with E-state index in [2.05, 4.69) is 45.1 Å². The van der Waals surface area contributed by atoms with Gasteiger partial charge in [-0.2, -0.15) is 0 Å². The smallest absolute Gasteiger partial charge is 0.181 e. The van der Waals surface area contributed by atoms with Gasteiger partial charge >= 0.3 is 0 Å². The van der Waals surface area contributed by atoms with E-state index in [0.717, 1.165) is 58.8 Å². The first-order valence-electron chi connectivity index (χ1n) is 13.5. The van der Waals surface area contributed by atoms with Crippen LogP contribution in [-0.4, -0.2) is 64.7 Å². The molecule has 0 atom stereocenters. The molecule has 2 aromatic rings. The number of aliphatic imine (C=N–C) groups is 2. The molecule has 2 aromatic carbocycles. The normalized spacial score (nSPS) is 14.3. The molecule has 220 valence electrons. The summed E-state index contributed by atoms with van der Waals surface area (Å²) in [5, 5.41) is 3.48. The molecule has 0 aliphatic heterocycles. The molecule has 0 radical (unpaired) electrons. The molecule has 0 unspecified atom stereocenters. The molecular weight excluding hydrogens is 598 g/mol. The van der Waals surface area contributed by atoms with Gasteiger partial charge in [0.2, 0.25) is 0 Å². The second-order valence-electron chi connectivity index (χ2n) is 9.79. The number of halogens is 1. The van der Waals surface area contributed by atoms with Crippen LogP contribution in [0.4, 0.5) is 5.69 Å². The number of hydrogen-bond donors (Lipinski definition) is 2. The number of sulfone groups is 1. The number of hydrogen-bond acceptors (Lipinski definition) is 7. The van der Waals surface area contributed by atoms with Crippen LogP contribution in [0.25, 0.3) is 0 Å². The number of nitrogen functional groups attached to an aromatic ring is 1. The van der Waals surface area contributed by atoms with Gasteiger partial charge in [0.25, 0.3) is 0 Å². The Morgan fingerprint density at radius 2 is 1.76 bits per heavy atom. The van der Waals surface area contributed by atoms with Crippen LogP contribution in [0.15, 0.2) is 115 Å². The van der Waals surface area contributed by atoms with Gasteiger partial charge in [0.1, 0.15) is 0 Å². The minimum absolute atomic E-state index is 0.0153. The third-order valence-corrected chi connectivity index (χ3v) is 8.44. The lowest BCUT2D eigenvalue weighted by atomic mass is 10.1. The Labute approximate surface area is 254 Å². The first kappa shape index (κ1) is 33.9. The van der Waals surface area contributed by atoms with E-state index in [1.165, 1.54) is 0 Å². The second kappa shape index (κ2) is 17.5. The SMILES string of the molecule is CN=C/C(Br)=C(C)/N=C(/C=C(\C)NCCCN(C)C/C(C)=C/C=C\CS(=O)(=O)c1ccccc1)c1ccccc1N. The average Bonchev–Trinajstić information content (AvgIpc) is 2.94. The number of rotatable bonds is 15. The fourth-order valence-electron chi connectivity index (χ4n) is 3.93. The molecule has 0 amide bonds. The lowest BCUT2D eigenvalue weighted by Crippen LogP contribution is -2.25. The predicted octanol–water partition coefficient (Wildman–Crippen LogP) is 6.18. The molecule has 9 heteroatoms. The fourth-order valence-corrected chi connectivity index (χ4v) is 5.35. The van der Waals surface area contributed by atoms with Crippen molar-refractivity contribution in [1.29, 1.82) is 0 Å². The van der Waals surface area contributed by atoms with Gasteiger partial charge in [-0.05, 0) is 81.0 Å². The van der Waals surface area contributed by atoms with E-state index >= 15 is 0 Å². The number of allylic oxidation sites excluding steroid dienone is 6. The van der Waals surface area contributed by atoms with E-state index in [4.69, 9.17) is 10.7 Å². The lowest BCUT2D eigenvalue weighted by Gasteiger charge is -2.17. The predicted molar refractivity (Wildman–Crippen MR) is 179 cm³/mol. The molecule has 3 N–H and O–H groups in total. The van der Waals surface area contributed by atoms with E-state index < -0.39 is 9.84 Å². The standard InChI is InChI=1S/C32H42BrN5O2S/c1-25(14-11-12-21-41(39,40)28-15-7-6-8-16-28)24-38(5)20-13-19-36-26(2)22-32(29-17-9-10-18-31(29)34)37-27(3)30(33)23-35-4/h6-12,14-18,22-23,36H,13,19-21,24,34H2,1-5H3/b12-11-,25-14+,26-22+,30-27-,35-23?,37-32-. The quantitative estimate of drug-likeness (QED) is 0.105. The monoisotopic (exact) mass is 639 g/mol. The minimum Gasteiger partial charge on any atom is -0.398 e. The largest absolute Gasteiger partial charge is 0.398 e. The summed E-state index contributed by atoms with van der Waals surface area (Å²) in [4.78, 5) is 11.5. The number of likely N-dealkylation sites (N-methyl/N-ethyl adjacent to an activating group) is 1. The molecule has 41 heavy (non-hydrogen) atoms. The zero-order valence-corrected chi connectivity index (χ0v) is 27.0. The second-order valence-corrected chi connectivity index (χ2v) is 12.7. The average molecular weight is 641 g/mol. The first-order valence-corrected chi connectivity index (χ1v) is 15.9. The van der Waals surface area contributed by atoms with Crippen molar-refractivity contribution in [1.82, 2.24) is 10.2 Å². The van der Waals surface area contributed by atoms with Crippen LogP contribution in [-0.2, 0) is 9.84 Å².